The van der Waals surface area contributed by atoms with Gasteiger partial charge in [-0.25, -0.2) is 0 Å². The monoisotopic (exact) mass is 164 g/mol. The second-order valence-electron chi connectivity index (χ2n) is 2.67. The van der Waals surface area contributed by atoms with Crippen molar-refractivity contribution in [3.8, 4) is 5.75 Å². The van der Waals surface area contributed by atoms with E-state index in [2.05, 4.69) is 6.58 Å². The molecule has 64 valence electrons. The topological polar surface area (TPSA) is 40.5 Å². The molecule has 0 fully saturated rings. The molecular weight excluding hydrogens is 152 g/mol. The van der Waals surface area contributed by atoms with Crippen LogP contribution in [0.1, 0.15) is 5.56 Å². The van der Waals surface area contributed by atoms with Gasteiger partial charge in [-0.05, 0) is 17.7 Å². The van der Waals surface area contributed by atoms with Gasteiger partial charge in [-0.2, -0.15) is 0 Å². The van der Waals surface area contributed by atoms with Crippen molar-refractivity contribution in [1.82, 2.24) is 0 Å². The van der Waals surface area contributed by atoms with Gasteiger partial charge >= 0.3 is 0 Å². The lowest BCUT2D eigenvalue weighted by atomic mass is 10.1. The van der Waals surface area contributed by atoms with Gasteiger partial charge in [0.05, 0.1) is 6.10 Å². The van der Waals surface area contributed by atoms with Crippen molar-refractivity contribution in [3.05, 3.63) is 42.5 Å². The molecule has 0 saturated heterocycles. The van der Waals surface area contributed by atoms with E-state index in [4.69, 9.17) is 5.11 Å². The lowest BCUT2D eigenvalue weighted by Crippen LogP contribution is -2.05. The van der Waals surface area contributed by atoms with Crippen LogP contribution in [0.25, 0.3) is 0 Å². The molecule has 2 nitrogen and oxygen atoms in total. The molecule has 1 unspecified atom stereocenters. The van der Waals surface area contributed by atoms with Gasteiger partial charge in [0.15, 0.2) is 0 Å². The van der Waals surface area contributed by atoms with Crippen molar-refractivity contribution < 1.29 is 10.2 Å². The van der Waals surface area contributed by atoms with Crippen LogP contribution in [0.15, 0.2) is 36.9 Å². The van der Waals surface area contributed by atoms with Crippen LogP contribution in [0.2, 0.25) is 0 Å². The molecule has 12 heavy (non-hydrogen) atoms. The zero-order valence-corrected chi connectivity index (χ0v) is 6.77. The molecule has 0 aromatic heterocycles. The second-order valence-corrected chi connectivity index (χ2v) is 2.67. The molecule has 0 heterocycles. The van der Waals surface area contributed by atoms with Crippen molar-refractivity contribution >= 4 is 0 Å². The van der Waals surface area contributed by atoms with Crippen molar-refractivity contribution in [2.24, 2.45) is 0 Å². The Balaban J connectivity index is 2.64. The van der Waals surface area contributed by atoms with E-state index in [0.29, 0.717) is 6.42 Å². The van der Waals surface area contributed by atoms with Crippen LogP contribution in [-0.4, -0.2) is 16.3 Å². The van der Waals surface area contributed by atoms with Crippen LogP contribution >= 0.6 is 0 Å². The highest BCUT2D eigenvalue weighted by atomic mass is 16.3. The minimum Gasteiger partial charge on any atom is -0.508 e. The van der Waals surface area contributed by atoms with Crippen LogP contribution in [-0.2, 0) is 6.42 Å². The highest BCUT2D eigenvalue weighted by Crippen LogP contribution is 2.11. The van der Waals surface area contributed by atoms with Crippen molar-refractivity contribution in [2.75, 3.05) is 0 Å². The normalized spacial score (nSPS) is 12.4. The van der Waals surface area contributed by atoms with E-state index in [-0.39, 0.29) is 5.75 Å². The molecule has 1 aromatic rings. The quantitative estimate of drug-likeness (QED) is 0.664. The van der Waals surface area contributed by atoms with Crippen molar-refractivity contribution in [1.29, 1.82) is 0 Å². The molecule has 2 N–H and O–H groups in total. The molecular formula is C10H12O2. The van der Waals surface area contributed by atoms with E-state index in [9.17, 15) is 5.11 Å². The molecule has 1 aromatic carbocycles. The van der Waals surface area contributed by atoms with Crippen LogP contribution in [0, 0.1) is 0 Å². The second kappa shape index (κ2) is 3.93. The zero-order valence-electron chi connectivity index (χ0n) is 6.77. The molecule has 0 aliphatic carbocycles. The maximum atomic E-state index is 9.20. The molecule has 0 aliphatic heterocycles. The summed E-state index contributed by atoms with van der Waals surface area (Å²) < 4.78 is 0. The van der Waals surface area contributed by atoms with Crippen LogP contribution in [0.4, 0.5) is 0 Å². The lowest BCUT2D eigenvalue weighted by molar-refractivity contribution is 0.224. The average molecular weight is 164 g/mol. The molecule has 1 atom stereocenters. The summed E-state index contributed by atoms with van der Waals surface area (Å²) in [6.45, 7) is 3.47. The summed E-state index contributed by atoms with van der Waals surface area (Å²) >= 11 is 0. The number of aromatic hydroxyl groups is 1. The standard InChI is InChI=1S/C10H12O2/c1-2-9(11)7-8-3-5-10(12)6-4-8/h2-6,9,11-12H,1,7H2. The predicted molar refractivity (Wildman–Crippen MR) is 48.0 cm³/mol. The lowest BCUT2D eigenvalue weighted by Gasteiger charge is -2.04. The molecule has 0 aliphatic rings. The SMILES string of the molecule is C=CC(O)Cc1ccc(O)cc1. The number of hydrogen-bond acceptors (Lipinski definition) is 2. The van der Waals surface area contributed by atoms with Crippen molar-refractivity contribution in [2.45, 2.75) is 12.5 Å². The first-order valence-corrected chi connectivity index (χ1v) is 3.81. The fourth-order valence-corrected chi connectivity index (χ4v) is 0.957. The Hall–Kier alpha value is -1.28. The number of phenols is 1. The van der Waals surface area contributed by atoms with Gasteiger partial charge in [0.2, 0.25) is 0 Å². The summed E-state index contributed by atoms with van der Waals surface area (Å²) in [5.74, 6) is 0.242. The smallest absolute Gasteiger partial charge is 0.115 e. The first-order chi connectivity index (χ1) is 5.72. The van der Waals surface area contributed by atoms with Gasteiger partial charge < -0.3 is 10.2 Å². The van der Waals surface area contributed by atoms with Gasteiger partial charge in [-0.3, -0.25) is 0 Å². The fraction of sp³-hybridized carbons (Fsp3) is 0.200. The van der Waals surface area contributed by atoms with Gasteiger partial charge in [-0.1, -0.05) is 18.2 Å². The maximum Gasteiger partial charge on any atom is 0.115 e. The highest BCUT2D eigenvalue weighted by molar-refractivity contribution is 5.26. The van der Waals surface area contributed by atoms with Crippen LogP contribution in [0.3, 0.4) is 0 Å². The van der Waals surface area contributed by atoms with E-state index in [1.807, 2.05) is 0 Å². The molecule has 0 bridgehead atoms. The summed E-state index contributed by atoms with van der Waals surface area (Å²) in [6, 6.07) is 6.76. The minimum absolute atomic E-state index is 0.242. The summed E-state index contributed by atoms with van der Waals surface area (Å²) in [5, 5.41) is 18.2. The third kappa shape index (κ3) is 2.40. The highest BCUT2D eigenvalue weighted by Gasteiger charge is 1.99. The fourth-order valence-electron chi connectivity index (χ4n) is 0.957. The summed E-state index contributed by atoms with van der Waals surface area (Å²) in [7, 11) is 0. The number of benzene rings is 1. The molecule has 0 radical (unpaired) electrons. The van der Waals surface area contributed by atoms with E-state index < -0.39 is 6.10 Å². The Morgan fingerprint density at radius 2 is 1.92 bits per heavy atom. The minimum atomic E-state index is -0.505. The average Bonchev–Trinajstić information content (AvgIpc) is 2.09. The number of aliphatic hydroxyl groups is 1. The first kappa shape index (κ1) is 8.81. The van der Waals surface area contributed by atoms with E-state index in [1.54, 1.807) is 24.3 Å². The van der Waals surface area contributed by atoms with Gasteiger partial charge in [0, 0.05) is 6.42 Å². The van der Waals surface area contributed by atoms with E-state index >= 15 is 0 Å². The summed E-state index contributed by atoms with van der Waals surface area (Å²) in [5.41, 5.74) is 0.986. The Morgan fingerprint density at radius 1 is 1.33 bits per heavy atom. The predicted octanol–water partition coefficient (Wildman–Crippen LogP) is 1.48. The summed E-state index contributed by atoms with van der Waals surface area (Å²) in [4.78, 5) is 0. The molecule has 0 saturated carbocycles. The van der Waals surface area contributed by atoms with Gasteiger partial charge in [0.25, 0.3) is 0 Å². The van der Waals surface area contributed by atoms with Gasteiger partial charge in [-0.15, -0.1) is 6.58 Å². The Labute approximate surface area is 71.8 Å². The van der Waals surface area contributed by atoms with Crippen LogP contribution in [0.5, 0.6) is 5.75 Å². The molecule has 1 rings (SSSR count). The van der Waals surface area contributed by atoms with Crippen LogP contribution < -0.4 is 0 Å². The molecule has 0 spiro atoms. The molecule has 2 heteroatoms. The number of aliphatic hydroxyl groups excluding tert-OH is 1. The van der Waals surface area contributed by atoms with Gasteiger partial charge in [0.1, 0.15) is 5.75 Å². The number of phenolic OH excluding ortho intramolecular Hbond substituents is 1. The molecule has 0 amide bonds. The number of hydrogen-bond donors (Lipinski definition) is 2. The maximum absolute atomic E-state index is 9.20. The van der Waals surface area contributed by atoms with E-state index in [1.165, 1.54) is 6.08 Å². The third-order valence-corrected chi connectivity index (χ3v) is 1.65. The number of rotatable bonds is 3. The largest absolute Gasteiger partial charge is 0.508 e. The van der Waals surface area contributed by atoms with E-state index in [0.717, 1.165) is 5.56 Å². The Bertz CT molecular complexity index is 251. The third-order valence-electron chi connectivity index (χ3n) is 1.65. The Kier molecular flexibility index (Phi) is 2.88. The first-order valence-electron chi connectivity index (χ1n) is 3.81. The summed E-state index contributed by atoms with van der Waals surface area (Å²) in [6.07, 6.45) is 1.53. The zero-order chi connectivity index (χ0) is 8.97. The van der Waals surface area contributed by atoms with Crippen molar-refractivity contribution in [3.63, 3.8) is 0 Å². The Morgan fingerprint density at radius 3 is 2.42 bits per heavy atom.